The van der Waals surface area contributed by atoms with Gasteiger partial charge in [-0.3, -0.25) is 4.40 Å². The van der Waals surface area contributed by atoms with E-state index in [0.29, 0.717) is 11.3 Å². The molecule has 4 aromatic rings. The number of fused-ring (bicyclic) bond motifs is 3. The van der Waals surface area contributed by atoms with Gasteiger partial charge >= 0.3 is 0 Å². The Morgan fingerprint density at radius 2 is 1.87 bits per heavy atom. The van der Waals surface area contributed by atoms with E-state index in [1.54, 1.807) is 12.4 Å². The van der Waals surface area contributed by atoms with Crippen LogP contribution in [0.4, 0.5) is 11.5 Å². The van der Waals surface area contributed by atoms with E-state index >= 15 is 0 Å². The fourth-order valence-corrected chi connectivity index (χ4v) is 2.73. The van der Waals surface area contributed by atoms with Crippen LogP contribution in [0, 0.1) is 11.3 Å². The summed E-state index contributed by atoms with van der Waals surface area (Å²) in [7, 11) is 1.90. The van der Waals surface area contributed by atoms with Crippen LogP contribution in [0.25, 0.3) is 16.7 Å². The first kappa shape index (κ1) is 13.2. The van der Waals surface area contributed by atoms with Gasteiger partial charge in [0.25, 0.3) is 5.78 Å². The highest BCUT2D eigenvalue weighted by Gasteiger charge is 2.16. The van der Waals surface area contributed by atoms with Gasteiger partial charge in [0.2, 0.25) is 0 Å². The third-order valence-corrected chi connectivity index (χ3v) is 3.84. The quantitative estimate of drug-likeness (QED) is 0.569. The molecule has 0 saturated heterocycles. The maximum Gasteiger partial charge on any atom is 0.257 e. The topological polar surface area (TPSA) is 70.1 Å². The molecule has 0 unspecified atom stereocenters. The van der Waals surface area contributed by atoms with Crippen LogP contribution in [0.15, 0.2) is 54.9 Å². The summed E-state index contributed by atoms with van der Waals surface area (Å²) < 4.78 is 1.85. The van der Waals surface area contributed by atoms with Crippen molar-refractivity contribution in [2.45, 2.75) is 0 Å². The van der Waals surface area contributed by atoms with Gasteiger partial charge in [-0.15, -0.1) is 10.2 Å². The maximum atomic E-state index is 9.34. The molecule has 4 rings (SSSR count). The molecule has 2 heterocycles. The van der Waals surface area contributed by atoms with Crippen molar-refractivity contribution in [2.24, 2.45) is 0 Å². The second kappa shape index (κ2) is 5.07. The van der Waals surface area contributed by atoms with Crippen LogP contribution in [0.5, 0.6) is 0 Å². The molecular weight excluding hydrogens is 288 g/mol. The third-order valence-electron chi connectivity index (χ3n) is 3.84. The summed E-state index contributed by atoms with van der Waals surface area (Å²) in [4.78, 5) is 6.53. The molecule has 23 heavy (non-hydrogen) atoms. The predicted molar refractivity (Wildman–Crippen MR) is 87.5 cm³/mol. The molecule has 2 aromatic carbocycles. The Labute approximate surface area is 132 Å². The van der Waals surface area contributed by atoms with Crippen molar-refractivity contribution in [3.63, 3.8) is 0 Å². The number of aromatic nitrogens is 4. The highest BCUT2D eigenvalue weighted by Crippen LogP contribution is 2.31. The number of hydrogen-bond donors (Lipinski definition) is 0. The third kappa shape index (κ3) is 1.99. The number of benzene rings is 2. The number of para-hydroxylation sites is 2. The molecule has 0 aliphatic carbocycles. The summed E-state index contributed by atoms with van der Waals surface area (Å²) in [5, 5.41) is 18.3. The van der Waals surface area contributed by atoms with Crippen molar-refractivity contribution in [1.29, 1.82) is 5.26 Å². The molecule has 2 aromatic heterocycles. The smallest absolute Gasteiger partial charge is 0.257 e. The van der Waals surface area contributed by atoms with Crippen LogP contribution >= 0.6 is 0 Å². The molecule has 0 bridgehead atoms. The first-order valence-corrected chi connectivity index (χ1v) is 7.11. The molecule has 0 aliphatic rings. The molecule has 6 heteroatoms. The van der Waals surface area contributed by atoms with Crippen LogP contribution in [0.3, 0.4) is 0 Å². The summed E-state index contributed by atoms with van der Waals surface area (Å²) in [6.45, 7) is 0. The summed E-state index contributed by atoms with van der Waals surface area (Å²) >= 11 is 0. The Kier molecular flexibility index (Phi) is 2.91. The lowest BCUT2D eigenvalue weighted by Crippen LogP contribution is -2.14. The molecule has 0 fully saturated rings. The molecule has 0 aliphatic heterocycles. The highest BCUT2D eigenvalue weighted by atomic mass is 15.3. The molecule has 0 spiro atoms. The van der Waals surface area contributed by atoms with Gasteiger partial charge in [-0.25, -0.2) is 0 Å². The Morgan fingerprint density at radius 3 is 2.74 bits per heavy atom. The van der Waals surface area contributed by atoms with Crippen molar-refractivity contribution in [3.8, 4) is 6.07 Å². The largest absolute Gasteiger partial charge is 0.328 e. The monoisotopic (exact) mass is 300 g/mol. The normalized spacial score (nSPS) is 10.8. The summed E-state index contributed by atoms with van der Waals surface area (Å²) in [5.41, 5.74) is 2.37. The summed E-state index contributed by atoms with van der Waals surface area (Å²) in [5.74, 6) is 1.27. The number of rotatable bonds is 2. The van der Waals surface area contributed by atoms with Gasteiger partial charge in [-0.2, -0.15) is 10.2 Å². The lowest BCUT2D eigenvalue weighted by atomic mass is 10.1. The standard InChI is InChI=1S/C17H12N6/c1-22(14-8-4-2-6-12(14)10-18)16-13-7-3-5-9-15(13)23-11-19-21-17(23)20-16/h2-9,11H,1H3. The average Bonchev–Trinajstić information content (AvgIpc) is 3.09. The van der Waals surface area contributed by atoms with Gasteiger partial charge in [0.15, 0.2) is 0 Å². The van der Waals surface area contributed by atoms with E-state index < -0.39 is 0 Å². The molecule has 0 radical (unpaired) electrons. The van der Waals surface area contributed by atoms with Gasteiger partial charge in [-0.1, -0.05) is 24.3 Å². The zero-order valence-corrected chi connectivity index (χ0v) is 12.4. The van der Waals surface area contributed by atoms with E-state index in [1.807, 2.05) is 58.8 Å². The second-order valence-electron chi connectivity index (χ2n) is 5.14. The first-order valence-electron chi connectivity index (χ1n) is 7.11. The van der Waals surface area contributed by atoms with E-state index in [2.05, 4.69) is 21.3 Å². The van der Waals surface area contributed by atoms with E-state index in [1.165, 1.54) is 0 Å². The second-order valence-corrected chi connectivity index (χ2v) is 5.14. The first-order chi connectivity index (χ1) is 11.3. The van der Waals surface area contributed by atoms with E-state index in [0.717, 1.165) is 22.4 Å². The van der Waals surface area contributed by atoms with Crippen LogP contribution in [0.1, 0.15) is 5.56 Å². The number of anilines is 2. The fourth-order valence-electron chi connectivity index (χ4n) is 2.73. The molecular formula is C17H12N6. The SMILES string of the molecule is CN(c1ccccc1C#N)c1nc2nncn2c2ccccc12. The number of nitriles is 1. The van der Waals surface area contributed by atoms with Crippen LogP contribution in [0.2, 0.25) is 0 Å². The molecule has 0 amide bonds. The van der Waals surface area contributed by atoms with Crippen molar-refractivity contribution in [2.75, 3.05) is 11.9 Å². The Balaban J connectivity index is 2.02. The highest BCUT2D eigenvalue weighted by molar-refractivity contribution is 5.93. The minimum Gasteiger partial charge on any atom is -0.328 e. The number of hydrogen-bond acceptors (Lipinski definition) is 5. The van der Waals surface area contributed by atoms with Gasteiger partial charge in [0.1, 0.15) is 18.2 Å². The lowest BCUT2D eigenvalue weighted by molar-refractivity contribution is 1.08. The minimum atomic E-state index is 0.528. The van der Waals surface area contributed by atoms with Gasteiger partial charge in [0, 0.05) is 12.4 Å². The van der Waals surface area contributed by atoms with Crippen molar-refractivity contribution in [1.82, 2.24) is 19.6 Å². The Hall–Kier alpha value is -3.46. The summed E-state index contributed by atoms with van der Waals surface area (Å²) in [6, 6.07) is 17.6. The Morgan fingerprint density at radius 1 is 1.09 bits per heavy atom. The molecule has 0 N–H and O–H groups in total. The van der Waals surface area contributed by atoms with Gasteiger partial charge in [-0.05, 0) is 24.3 Å². The van der Waals surface area contributed by atoms with Crippen LogP contribution in [-0.4, -0.2) is 26.6 Å². The van der Waals surface area contributed by atoms with E-state index in [-0.39, 0.29) is 0 Å². The van der Waals surface area contributed by atoms with Gasteiger partial charge in [0.05, 0.1) is 16.8 Å². The van der Waals surface area contributed by atoms with E-state index in [9.17, 15) is 5.26 Å². The van der Waals surface area contributed by atoms with Crippen molar-refractivity contribution >= 4 is 28.2 Å². The lowest BCUT2D eigenvalue weighted by Gasteiger charge is -2.21. The zero-order chi connectivity index (χ0) is 15.8. The summed E-state index contributed by atoms with van der Waals surface area (Å²) in [6.07, 6.45) is 1.65. The maximum absolute atomic E-state index is 9.34. The van der Waals surface area contributed by atoms with Crippen molar-refractivity contribution < 1.29 is 0 Å². The Bertz CT molecular complexity index is 1060. The predicted octanol–water partition coefficient (Wildman–Crippen LogP) is 2.92. The number of nitrogens with zero attached hydrogens (tertiary/aromatic N) is 6. The molecule has 0 saturated carbocycles. The zero-order valence-electron chi connectivity index (χ0n) is 12.4. The molecule has 0 atom stereocenters. The fraction of sp³-hybridized carbons (Fsp3) is 0.0588. The van der Waals surface area contributed by atoms with Crippen molar-refractivity contribution in [3.05, 3.63) is 60.4 Å². The molecule has 6 nitrogen and oxygen atoms in total. The minimum absolute atomic E-state index is 0.528. The van der Waals surface area contributed by atoms with Crippen LogP contribution < -0.4 is 4.90 Å². The van der Waals surface area contributed by atoms with Crippen LogP contribution in [-0.2, 0) is 0 Å². The van der Waals surface area contributed by atoms with Gasteiger partial charge < -0.3 is 4.90 Å². The average molecular weight is 300 g/mol. The van der Waals surface area contributed by atoms with E-state index in [4.69, 9.17) is 0 Å². The molecule has 110 valence electrons.